The first kappa shape index (κ1) is 20.6. The van der Waals surface area contributed by atoms with Gasteiger partial charge in [0, 0.05) is 29.5 Å². The molecule has 0 radical (unpaired) electrons. The van der Waals surface area contributed by atoms with Crippen LogP contribution in [-0.2, 0) is 14.8 Å². The maximum Gasteiger partial charge on any atom is 0.243 e. The Morgan fingerprint density at radius 2 is 1.75 bits per heavy atom. The summed E-state index contributed by atoms with van der Waals surface area (Å²) in [5.41, 5.74) is 2.08. The van der Waals surface area contributed by atoms with Crippen molar-refractivity contribution in [2.45, 2.75) is 31.1 Å². The number of nitrogens with one attached hydrogen (secondary N) is 2. The van der Waals surface area contributed by atoms with Gasteiger partial charge in [-0.3, -0.25) is 4.79 Å². The van der Waals surface area contributed by atoms with Crippen molar-refractivity contribution in [3.05, 3.63) is 53.1 Å². The van der Waals surface area contributed by atoms with Gasteiger partial charge in [0.05, 0.1) is 11.4 Å². The molecule has 1 saturated heterocycles. The number of amides is 1. The fraction of sp³-hybridized carbons (Fsp3) is 0.350. The standard InChI is InChI=1S/C20H24ClN3O3S/c1-15-5-10-18(28(26,27)24-11-3-2-4-12-24)13-19(15)23-20(25)14-22-17-8-6-16(21)7-9-17/h5-10,13,22H,2-4,11-12,14H2,1H3,(H,23,25). The molecule has 1 aliphatic heterocycles. The highest BCUT2D eigenvalue weighted by Gasteiger charge is 2.26. The average Bonchev–Trinajstić information content (AvgIpc) is 2.70. The summed E-state index contributed by atoms with van der Waals surface area (Å²) in [7, 11) is -3.54. The van der Waals surface area contributed by atoms with Crippen LogP contribution in [0.1, 0.15) is 24.8 Å². The maximum absolute atomic E-state index is 12.9. The molecule has 1 amide bonds. The summed E-state index contributed by atoms with van der Waals surface area (Å²) in [4.78, 5) is 12.5. The number of carbonyl (C=O) groups excluding carboxylic acids is 1. The summed E-state index contributed by atoms with van der Waals surface area (Å²) in [6.45, 7) is 2.98. The smallest absolute Gasteiger partial charge is 0.243 e. The Morgan fingerprint density at radius 3 is 2.43 bits per heavy atom. The summed E-state index contributed by atoms with van der Waals surface area (Å²) in [6, 6.07) is 11.9. The molecule has 2 aromatic rings. The van der Waals surface area contributed by atoms with Gasteiger partial charge in [-0.15, -0.1) is 0 Å². The van der Waals surface area contributed by atoms with Crippen LogP contribution >= 0.6 is 11.6 Å². The lowest BCUT2D eigenvalue weighted by molar-refractivity contribution is -0.114. The molecule has 0 aromatic heterocycles. The van der Waals surface area contributed by atoms with Crippen molar-refractivity contribution in [2.24, 2.45) is 0 Å². The second-order valence-electron chi connectivity index (χ2n) is 6.85. The van der Waals surface area contributed by atoms with E-state index < -0.39 is 10.0 Å². The Bertz CT molecular complexity index is 940. The van der Waals surface area contributed by atoms with E-state index in [4.69, 9.17) is 11.6 Å². The number of hydrogen-bond acceptors (Lipinski definition) is 4. The number of rotatable bonds is 6. The molecular weight excluding hydrogens is 398 g/mol. The molecule has 6 nitrogen and oxygen atoms in total. The van der Waals surface area contributed by atoms with Gasteiger partial charge in [-0.1, -0.05) is 24.1 Å². The second kappa shape index (κ2) is 8.94. The van der Waals surface area contributed by atoms with E-state index in [9.17, 15) is 13.2 Å². The van der Waals surface area contributed by atoms with Crippen LogP contribution in [0.2, 0.25) is 5.02 Å². The van der Waals surface area contributed by atoms with Gasteiger partial charge in [-0.05, 0) is 61.7 Å². The van der Waals surface area contributed by atoms with Crippen molar-refractivity contribution < 1.29 is 13.2 Å². The van der Waals surface area contributed by atoms with Crippen LogP contribution < -0.4 is 10.6 Å². The van der Waals surface area contributed by atoms with Gasteiger partial charge in [-0.2, -0.15) is 4.31 Å². The fourth-order valence-electron chi connectivity index (χ4n) is 3.10. The molecule has 0 spiro atoms. The highest BCUT2D eigenvalue weighted by Crippen LogP contribution is 2.25. The summed E-state index contributed by atoms with van der Waals surface area (Å²) in [5, 5.41) is 6.43. The zero-order chi connectivity index (χ0) is 20.1. The Morgan fingerprint density at radius 1 is 1.07 bits per heavy atom. The Kier molecular flexibility index (Phi) is 6.59. The van der Waals surface area contributed by atoms with Crippen LogP contribution in [0, 0.1) is 6.92 Å². The summed E-state index contributed by atoms with van der Waals surface area (Å²) >= 11 is 5.85. The number of carbonyl (C=O) groups is 1. The van der Waals surface area contributed by atoms with Crippen molar-refractivity contribution in [1.82, 2.24) is 4.31 Å². The van der Waals surface area contributed by atoms with E-state index in [0.29, 0.717) is 23.8 Å². The van der Waals surface area contributed by atoms with Crippen LogP contribution in [-0.4, -0.2) is 38.3 Å². The average molecular weight is 422 g/mol. The van der Waals surface area contributed by atoms with Crippen molar-refractivity contribution >= 4 is 38.9 Å². The van der Waals surface area contributed by atoms with E-state index in [0.717, 1.165) is 30.5 Å². The maximum atomic E-state index is 12.9. The largest absolute Gasteiger partial charge is 0.376 e. The number of sulfonamides is 1. The molecule has 1 fully saturated rings. The highest BCUT2D eigenvalue weighted by atomic mass is 35.5. The molecule has 1 heterocycles. The lowest BCUT2D eigenvalue weighted by Gasteiger charge is -2.26. The highest BCUT2D eigenvalue weighted by molar-refractivity contribution is 7.89. The molecule has 0 atom stereocenters. The predicted molar refractivity (Wildman–Crippen MR) is 112 cm³/mol. The first-order valence-corrected chi connectivity index (χ1v) is 11.1. The first-order chi connectivity index (χ1) is 13.4. The molecule has 0 unspecified atom stereocenters. The number of aryl methyl sites for hydroxylation is 1. The number of hydrogen-bond donors (Lipinski definition) is 2. The second-order valence-corrected chi connectivity index (χ2v) is 9.22. The molecule has 0 aliphatic carbocycles. The molecule has 8 heteroatoms. The van der Waals surface area contributed by atoms with Crippen molar-refractivity contribution in [2.75, 3.05) is 30.3 Å². The SMILES string of the molecule is Cc1ccc(S(=O)(=O)N2CCCCC2)cc1NC(=O)CNc1ccc(Cl)cc1. The van der Waals surface area contributed by atoms with Crippen molar-refractivity contribution in [3.63, 3.8) is 0 Å². The molecule has 1 aliphatic rings. The lowest BCUT2D eigenvalue weighted by Crippen LogP contribution is -2.35. The Labute approximate surface area is 170 Å². The fourth-order valence-corrected chi connectivity index (χ4v) is 4.76. The van der Waals surface area contributed by atoms with Gasteiger partial charge in [0.2, 0.25) is 15.9 Å². The van der Waals surface area contributed by atoms with E-state index in [-0.39, 0.29) is 17.3 Å². The number of benzene rings is 2. The third kappa shape index (κ3) is 5.04. The number of nitrogens with zero attached hydrogens (tertiary/aromatic N) is 1. The predicted octanol–water partition coefficient (Wildman–Crippen LogP) is 3.87. The molecule has 0 bridgehead atoms. The molecule has 150 valence electrons. The van der Waals surface area contributed by atoms with Crippen LogP contribution in [0.15, 0.2) is 47.4 Å². The van der Waals surface area contributed by atoms with Crippen LogP contribution in [0.5, 0.6) is 0 Å². The van der Waals surface area contributed by atoms with E-state index >= 15 is 0 Å². The van der Waals surface area contributed by atoms with E-state index in [1.807, 2.05) is 6.92 Å². The minimum Gasteiger partial charge on any atom is -0.376 e. The quantitative estimate of drug-likeness (QED) is 0.742. The number of anilines is 2. The first-order valence-electron chi connectivity index (χ1n) is 9.26. The van der Waals surface area contributed by atoms with Gasteiger partial charge in [0.1, 0.15) is 0 Å². The zero-order valence-electron chi connectivity index (χ0n) is 15.7. The van der Waals surface area contributed by atoms with Crippen LogP contribution in [0.4, 0.5) is 11.4 Å². The topological polar surface area (TPSA) is 78.5 Å². The molecule has 28 heavy (non-hydrogen) atoms. The van der Waals surface area contributed by atoms with Crippen LogP contribution in [0.3, 0.4) is 0 Å². The van der Waals surface area contributed by atoms with Crippen molar-refractivity contribution in [1.29, 1.82) is 0 Å². The summed E-state index contributed by atoms with van der Waals surface area (Å²) in [5.74, 6) is -0.259. The monoisotopic (exact) mass is 421 g/mol. The number of piperidine rings is 1. The molecule has 0 saturated carbocycles. The van der Waals surface area contributed by atoms with Gasteiger partial charge < -0.3 is 10.6 Å². The molecule has 3 rings (SSSR count). The van der Waals surface area contributed by atoms with E-state index in [2.05, 4.69) is 10.6 Å². The third-order valence-corrected chi connectivity index (χ3v) is 6.88. The lowest BCUT2D eigenvalue weighted by atomic mass is 10.2. The summed E-state index contributed by atoms with van der Waals surface area (Å²) in [6.07, 6.45) is 2.82. The normalized spacial score (nSPS) is 15.2. The Balaban J connectivity index is 1.68. The van der Waals surface area contributed by atoms with Gasteiger partial charge in [0.25, 0.3) is 0 Å². The molecule has 2 N–H and O–H groups in total. The third-order valence-electron chi connectivity index (χ3n) is 4.73. The number of halogens is 1. The summed E-state index contributed by atoms with van der Waals surface area (Å²) < 4.78 is 27.3. The minimum absolute atomic E-state index is 0.0597. The van der Waals surface area contributed by atoms with Crippen molar-refractivity contribution in [3.8, 4) is 0 Å². The van der Waals surface area contributed by atoms with Gasteiger partial charge >= 0.3 is 0 Å². The molecular formula is C20H24ClN3O3S. The van der Waals surface area contributed by atoms with Gasteiger partial charge in [-0.25, -0.2) is 8.42 Å². The zero-order valence-corrected chi connectivity index (χ0v) is 17.3. The van der Waals surface area contributed by atoms with Gasteiger partial charge in [0.15, 0.2) is 0 Å². The van der Waals surface area contributed by atoms with Crippen LogP contribution in [0.25, 0.3) is 0 Å². The van der Waals surface area contributed by atoms with E-state index in [1.165, 1.54) is 4.31 Å². The van der Waals surface area contributed by atoms with E-state index in [1.54, 1.807) is 42.5 Å². The Hall–Kier alpha value is -2.09. The molecule has 2 aromatic carbocycles. The minimum atomic E-state index is -3.54.